The minimum absolute atomic E-state index is 1.08. The highest BCUT2D eigenvalue weighted by Gasteiger charge is 2.24. The third-order valence-corrected chi connectivity index (χ3v) is 13.0. The van der Waals surface area contributed by atoms with Gasteiger partial charge in [0.2, 0.25) is 0 Å². The molecule has 0 bridgehead atoms. The molecule has 66 heavy (non-hydrogen) atoms. The summed E-state index contributed by atoms with van der Waals surface area (Å²) < 4.78 is 2.45. The van der Waals surface area contributed by atoms with Crippen LogP contribution in [0, 0.1) is 0 Å². The zero-order valence-electron chi connectivity index (χ0n) is 36.3. The van der Waals surface area contributed by atoms with E-state index in [1.807, 2.05) is 0 Å². The van der Waals surface area contributed by atoms with E-state index in [0.717, 1.165) is 33.9 Å². The number of hydrogen-bond acceptors (Lipinski definition) is 1. The van der Waals surface area contributed by atoms with E-state index in [1.165, 1.54) is 77.1 Å². The van der Waals surface area contributed by atoms with Crippen LogP contribution in [0.3, 0.4) is 0 Å². The van der Waals surface area contributed by atoms with Gasteiger partial charge < -0.3 is 9.47 Å². The maximum atomic E-state index is 2.45. The van der Waals surface area contributed by atoms with Gasteiger partial charge in [-0.05, 0) is 92.2 Å². The second-order valence-electron chi connectivity index (χ2n) is 16.8. The van der Waals surface area contributed by atoms with Gasteiger partial charge in [-0.3, -0.25) is 0 Å². The monoisotopic (exact) mass is 840 g/mol. The van der Waals surface area contributed by atoms with Crippen LogP contribution in [0.15, 0.2) is 267 Å². The van der Waals surface area contributed by atoms with Gasteiger partial charge in [-0.2, -0.15) is 0 Å². The average molecular weight is 841 g/mol. The molecule has 0 atom stereocenters. The molecule has 1 aromatic heterocycles. The van der Waals surface area contributed by atoms with Gasteiger partial charge in [0.15, 0.2) is 0 Å². The van der Waals surface area contributed by atoms with Gasteiger partial charge in [0, 0.05) is 33.2 Å². The van der Waals surface area contributed by atoms with Gasteiger partial charge >= 0.3 is 0 Å². The van der Waals surface area contributed by atoms with E-state index in [0.29, 0.717) is 0 Å². The summed E-state index contributed by atoms with van der Waals surface area (Å²) in [7, 11) is 0. The predicted molar refractivity (Wildman–Crippen MR) is 280 cm³/mol. The van der Waals surface area contributed by atoms with Crippen molar-refractivity contribution in [3.63, 3.8) is 0 Å². The highest BCUT2D eigenvalue weighted by Crippen LogP contribution is 2.48. The van der Waals surface area contributed by atoms with Gasteiger partial charge in [-0.25, -0.2) is 0 Å². The Hall–Kier alpha value is -8.72. The molecule has 0 saturated heterocycles. The number of fused-ring (bicyclic) bond motifs is 4. The maximum absolute atomic E-state index is 2.45. The maximum Gasteiger partial charge on any atom is 0.0547 e. The molecule has 11 aromatic carbocycles. The summed E-state index contributed by atoms with van der Waals surface area (Å²) in [5, 5.41) is 4.96. The quantitative estimate of drug-likeness (QED) is 0.141. The summed E-state index contributed by atoms with van der Waals surface area (Å²) in [5.41, 5.74) is 18.6. The van der Waals surface area contributed by atoms with Crippen LogP contribution in [0.25, 0.3) is 93.9 Å². The lowest BCUT2D eigenvalue weighted by Gasteiger charge is -2.30. The fourth-order valence-electron chi connectivity index (χ4n) is 9.99. The second kappa shape index (κ2) is 16.8. The number of anilines is 3. The van der Waals surface area contributed by atoms with Crippen LogP contribution in [-0.2, 0) is 0 Å². The van der Waals surface area contributed by atoms with Crippen LogP contribution < -0.4 is 4.90 Å². The largest absolute Gasteiger partial charge is 0.309 e. The Morgan fingerprint density at radius 3 is 1.45 bits per heavy atom. The van der Waals surface area contributed by atoms with E-state index in [1.54, 1.807) is 0 Å². The number of hydrogen-bond donors (Lipinski definition) is 0. The Bertz CT molecular complexity index is 3670. The van der Waals surface area contributed by atoms with Gasteiger partial charge in [0.25, 0.3) is 0 Å². The molecule has 2 nitrogen and oxygen atoms in total. The molecule has 0 saturated carbocycles. The smallest absolute Gasteiger partial charge is 0.0547 e. The van der Waals surface area contributed by atoms with Gasteiger partial charge in [-0.15, -0.1) is 0 Å². The van der Waals surface area contributed by atoms with Crippen molar-refractivity contribution in [2.45, 2.75) is 0 Å². The van der Waals surface area contributed by atoms with Crippen molar-refractivity contribution in [2.75, 3.05) is 4.90 Å². The Labute approximate surface area is 385 Å². The number of rotatable bonds is 9. The van der Waals surface area contributed by atoms with Gasteiger partial charge in [0.1, 0.15) is 0 Å². The fourth-order valence-corrected chi connectivity index (χ4v) is 9.99. The SMILES string of the molecule is c1ccc(-c2ccccc2N(c2ccc(-c3ccc(-c4cccc5ccccc45)cc3)cc2)c2ccccc2-c2cccc3c2c2ccccc2n3-c2ccccc2-c2ccccc2)cc1. The van der Waals surface area contributed by atoms with Crippen molar-refractivity contribution in [1.82, 2.24) is 4.57 Å². The van der Waals surface area contributed by atoms with Crippen LogP contribution in [-0.4, -0.2) is 4.57 Å². The molecular formula is C64H44N2. The molecule has 0 aliphatic heterocycles. The predicted octanol–water partition coefficient (Wildman–Crippen LogP) is 17.7. The van der Waals surface area contributed by atoms with Crippen molar-refractivity contribution in [3.05, 3.63) is 267 Å². The lowest BCUT2D eigenvalue weighted by molar-refractivity contribution is 1.18. The van der Waals surface area contributed by atoms with E-state index in [-0.39, 0.29) is 0 Å². The average Bonchev–Trinajstić information content (AvgIpc) is 3.74. The molecule has 0 unspecified atom stereocenters. The van der Waals surface area contributed by atoms with Crippen molar-refractivity contribution in [2.24, 2.45) is 0 Å². The summed E-state index contributed by atoms with van der Waals surface area (Å²) in [6.45, 7) is 0. The summed E-state index contributed by atoms with van der Waals surface area (Å²) in [6.07, 6.45) is 0. The van der Waals surface area contributed by atoms with E-state index >= 15 is 0 Å². The molecule has 310 valence electrons. The molecule has 1 heterocycles. The molecule has 0 aliphatic carbocycles. The third kappa shape index (κ3) is 6.84. The van der Waals surface area contributed by atoms with E-state index in [4.69, 9.17) is 0 Å². The van der Waals surface area contributed by atoms with Crippen molar-refractivity contribution in [3.8, 4) is 61.3 Å². The first-order valence-corrected chi connectivity index (χ1v) is 22.7. The van der Waals surface area contributed by atoms with Crippen molar-refractivity contribution >= 4 is 49.6 Å². The Morgan fingerprint density at radius 1 is 0.258 bits per heavy atom. The Kier molecular flexibility index (Phi) is 9.89. The topological polar surface area (TPSA) is 8.17 Å². The molecule has 0 spiro atoms. The number of aromatic nitrogens is 1. The first kappa shape index (κ1) is 38.9. The second-order valence-corrected chi connectivity index (χ2v) is 16.8. The first-order chi connectivity index (χ1) is 32.8. The number of para-hydroxylation sites is 4. The highest BCUT2D eigenvalue weighted by molar-refractivity contribution is 6.17. The summed E-state index contributed by atoms with van der Waals surface area (Å²) in [6, 6.07) is 96.8. The Balaban J connectivity index is 1.02. The molecule has 12 rings (SSSR count). The molecule has 0 aliphatic rings. The summed E-state index contributed by atoms with van der Waals surface area (Å²) in [5.74, 6) is 0. The normalized spacial score (nSPS) is 11.3. The molecule has 0 fully saturated rings. The first-order valence-electron chi connectivity index (χ1n) is 22.7. The zero-order valence-corrected chi connectivity index (χ0v) is 36.3. The Morgan fingerprint density at radius 2 is 0.712 bits per heavy atom. The highest BCUT2D eigenvalue weighted by atomic mass is 15.1. The zero-order chi connectivity index (χ0) is 43.8. The van der Waals surface area contributed by atoms with Crippen LogP contribution >= 0.6 is 0 Å². The van der Waals surface area contributed by atoms with Crippen LogP contribution in [0.1, 0.15) is 0 Å². The van der Waals surface area contributed by atoms with Crippen LogP contribution in [0.5, 0.6) is 0 Å². The van der Waals surface area contributed by atoms with E-state index in [9.17, 15) is 0 Å². The molecule has 0 radical (unpaired) electrons. The molecule has 0 N–H and O–H groups in total. The van der Waals surface area contributed by atoms with Crippen LogP contribution in [0.4, 0.5) is 17.1 Å². The van der Waals surface area contributed by atoms with Gasteiger partial charge in [-0.1, -0.05) is 224 Å². The molecule has 2 heteroatoms. The summed E-state index contributed by atoms with van der Waals surface area (Å²) in [4.78, 5) is 2.45. The molecule has 12 aromatic rings. The number of nitrogens with zero attached hydrogens (tertiary/aromatic N) is 2. The molecular weight excluding hydrogens is 797 g/mol. The molecule has 0 amide bonds. The van der Waals surface area contributed by atoms with Crippen molar-refractivity contribution < 1.29 is 0 Å². The minimum atomic E-state index is 1.08. The number of benzene rings is 11. The van der Waals surface area contributed by atoms with Crippen molar-refractivity contribution in [1.29, 1.82) is 0 Å². The van der Waals surface area contributed by atoms with E-state index in [2.05, 4.69) is 276 Å². The fraction of sp³-hybridized carbons (Fsp3) is 0. The van der Waals surface area contributed by atoms with E-state index < -0.39 is 0 Å². The third-order valence-electron chi connectivity index (χ3n) is 13.0. The minimum Gasteiger partial charge on any atom is -0.309 e. The standard InChI is InChI=1S/C64H44N2/c1-3-19-48(20-4-1)54-26-9-13-32-59(54)65(51-43-41-46(42-44-51)45-37-39-50(40-38-45)53-30-17-24-47-23-7-8-25-52(47)53)61-34-15-11-28-56(61)57-31-18-36-63-64(57)58-29-12-16-35-62(58)66(63)60-33-14-10-27-55(60)49-21-5-2-6-22-49/h1-44H. The lowest BCUT2D eigenvalue weighted by atomic mass is 9.95. The summed E-state index contributed by atoms with van der Waals surface area (Å²) >= 11 is 0. The van der Waals surface area contributed by atoms with Gasteiger partial charge in [0.05, 0.1) is 28.1 Å². The lowest BCUT2D eigenvalue weighted by Crippen LogP contribution is -2.12. The van der Waals surface area contributed by atoms with Crippen LogP contribution in [0.2, 0.25) is 0 Å².